The number of H-pyrrole nitrogens is 1. The lowest BCUT2D eigenvalue weighted by Gasteiger charge is -2.24. The maximum Gasteiger partial charge on any atom is 0.238 e. The summed E-state index contributed by atoms with van der Waals surface area (Å²) in [5.41, 5.74) is 2.98. The molecule has 1 aliphatic rings. The zero-order valence-electron chi connectivity index (χ0n) is 13.7. The quantitative estimate of drug-likeness (QED) is 0.799. The highest BCUT2D eigenvalue weighted by atomic mass is 19.1. The average Bonchev–Trinajstić information content (AvgIpc) is 3.04. The predicted molar refractivity (Wildman–Crippen MR) is 88.0 cm³/mol. The minimum Gasteiger partial charge on any atom is -0.392 e. The van der Waals surface area contributed by atoms with Crippen LogP contribution in [-0.2, 0) is 4.79 Å². The molecule has 0 radical (unpaired) electrons. The number of amides is 1. The van der Waals surface area contributed by atoms with Crippen molar-refractivity contribution in [3.63, 3.8) is 0 Å². The van der Waals surface area contributed by atoms with Gasteiger partial charge in [-0.05, 0) is 38.0 Å². The molecule has 1 fully saturated rings. The molecule has 0 saturated carbocycles. The third kappa shape index (κ3) is 3.47. The number of aromatic nitrogens is 2. The molecule has 2 aromatic rings. The number of rotatable bonds is 4. The van der Waals surface area contributed by atoms with Gasteiger partial charge in [-0.3, -0.25) is 14.8 Å². The van der Waals surface area contributed by atoms with E-state index in [2.05, 4.69) is 15.5 Å². The van der Waals surface area contributed by atoms with Crippen LogP contribution >= 0.6 is 0 Å². The van der Waals surface area contributed by atoms with Crippen molar-refractivity contribution >= 4 is 11.6 Å². The number of carbonyl (C=O) groups excluding carboxylic acids is 1. The van der Waals surface area contributed by atoms with Crippen LogP contribution in [0.15, 0.2) is 24.3 Å². The third-order valence-electron chi connectivity index (χ3n) is 4.35. The van der Waals surface area contributed by atoms with Gasteiger partial charge in [0.2, 0.25) is 5.91 Å². The number of nitrogens with one attached hydrogen (secondary N) is 2. The van der Waals surface area contributed by atoms with Gasteiger partial charge in [0.1, 0.15) is 5.82 Å². The van der Waals surface area contributed by atoms with E-state index in [1.54, 1.807) is 6.07 Å². The minimum atomic E-state index is -0.525. The second kappa shape index (κ2) is 6.70. The lowest BCUT2D eigenvalue weighted by atomic mass is 10.0. The van der Waals surface area contributed by atoms with Crippen LogP contribution < -0.4 is 5.32 Å². The van der Waals surface area contributed by atoms with E-state index >= 15 is 0 Å². The van der Waals surface area contributed by atoms with Gasteiger partial charge in [-0.15, -0.1) is 0 Å². The molecular weight excluding hydrogens is 311 g/mol. The summed E-state index contributed by atoms with van der Waals surface area (Å²) in [5, 5.41) is 19.7. The number of anilines is 1. The number of aliphatic hydroxyl groups is 1. The number of likely N-dealkylation sites (tertiary alicyclic amines) is 1. The molecule has 6 nitrogen and oxygen atoms in total. The first-order valence-electron chi connectivity index (χ1n) is 7.93. The topological polar surface area (TPSA) is 81.2 Å². The monoisotopic (exact) mass is 332 g/mol. The van der Waals surface area contributed by atoms with Gasteiger partial charge in [0.25, 0.3) is 0 Å². The lowest BCUT2D eigenvalue weighted by Crippen LogP contribution is -2.34. The Bertz CT molecular complexity index is 726. The number of benzene rings is 1. The van der Waals surface area contributed by atoms with Crippen LogP contribution in [-0.4, -0.2) is 45.3 Å². The third-order valence-corrected chi connectivity index (χ3v) is 4.35. The van der Waals surface area contributed by atoms with Crippen molar-refractivity contribution in [1.82, 2.24) is 15.1 Å². The standard InChI is InChI=1S/C17H21FN4O2/c1-10-17(11(2)21-20-10)19-16(24)9-22-8-14(23)7-15(22)12-4-3-5-13(18)6-12/h3-6,14-15,23H,7-9H2,1-2H3,(H,19,24)(H,20,21)/t14-,15-/m1/s1. The molecule has 24 heavy (non-hydrogen) atoms. The molecule has 0 aliphatic carbocycles. The number of aromatic amines is 1. The van der Waals surface area contributed by atoms with Crippen LogP contribution in [0.3, 0.4) is 0 Å². The van der Waals surface area contributed by atoms with E-state index in [9.17, 15) is 14.3 Å². The zero-order valence-corrected chi connectivity index (χ0v) is 13.7. The molecule has 1 aliphatic heterocycles. The fourth-order valence-electron chi connectivity index (χ4n) is 3.21. The molecule has 128 valence electrons. The van der Waals surface area contributed by atoms with Crippen molar-refractivity contribution in [3.8, 4) is 0 Å². The van der Waals surface area contributed by atoms with Crippen LogP contribution in [0, 0.1) is 19.7 Å². The Morgan fingerprint density at radius 3 is 2.96 bits per heavy atom. The maximum absolute atomic E-state index is 13.5. The lowest BCUT2D eigenvalue weighted by molar-refractivity contribution is -0.117. The number of hydrogen-bond acceptors (Lipinski definition) is 4. The van der Waals surface area contributed by atoms with E-state index in [1.165, 1.54) is 12.1 Å². The number of aryl methyl sites for hydroxylation is 2. The van der Waals surface area contributed by atoms with E-state index < -0.39 is 6.10 Å². The fourth-order valence-corrected chi connectivity index (χ4v) is 3.21. The molecule has 0 unspecified atom stereocenters. The van der Waals surface area contributed by atoms with Gasteiger partial charge >= 0.3 is 0 Å². The van der Waals surface area contributed by atoms with E-state index in [4.69, 9.17) is 0 Å². The summed E-state index contributed by atoms with van der Waals surface area (Å²) in [7, 11) is 0. The smallest absolute Gasteiger partial charge is 0.238 e. The van der Waals surface area contributed by atoms with Gasteiger partial charge < -0.3 is 10.4 Å². The summed E-state index contributed by atoms with van der Waals surface area (Å²) in [5.74, 6) is -0.499. The minimum absolute atomic E-state index is 0.127. The van der Waals surface area contributed by atoms with Gasteiger partial charge in [0.15, 0.2) is 0 Å². The Balaban J connectivity index is 1.71. The van der Waals surface area contributed by atoms with Crippen molar-refractivity contribution in [3.05, 3.63) is 47.0 Å². The van der Waals surface area contributed by atoms with Gasteiger partial charge in [-0.2, -0.15) is 5.10 Å². The van der Waals surface area contributed by atoms with Crippen molar-refractivity contribution in [1.29, 1.82) is 0 Å². The highest BCUT2D eigenvalue weighted by Crippen LogP contribution is 2.32. The summed E-state index contributed by atoms with van der Waals surface area (Å²) < 4.78 is 13.5. The van der Waals surface area contributed by atoms with Crippen molar-refractivity contribution in [2.75, 3.05) is 18.4 Å². The summed E-state index contributed by atoms with van der Waals surface area (Å²) in [4.78, 5) is 14.2. The Labute approximate surface area is 139 Å². The van der Waals surface area contributed by atoms with Crippen LogP contribution in [0.2, 0.25) is 0 Å². The predicted octanol–water partition coefficient (Wildman–Crippen LogP) is 1.91. The summed E-state index contributed by atoms with van der Waals surface area (Å²) in [6.45, 7) is 4.17. The van der Waals surface area contributed by atoms with Crippen molar-refractivity contribution in [2.45, 2.75) is 32.4 Å². The van der Waals surface area contributed by atoms with E-state index in [1.807, 2.05) is 24.8 Å². The number of carbonyl (C=O) groups is 1. The first-order valence-corrected chi connectivity index (χ1v) is 7.93. The Morgan fingerprint density at radius 1 is 1.50 bits per heavy atom. The largest absolute Gasteiger partial charge is 0.392 e. The molecule has 1 aromatic carbocycles. The highest BCUT2D eigenvalue weighted by Gasteiger charge is 2.33. The Hall–Kier alpha value is -2.25. The average molecular weight is 332 g/mol. The van der Waals surface area contributed by atoms with E-state index in [-0.39, 0.29) is 24.3 Å². The van der Waals surface area contributed by atoms with E-state index in [0.717, 1.165) is 17.0 Å². The molecule has 2 atom stereocenters. The summed E-state index contributed by atoms with van der Waals surface area (Å²) in [6.07, 6.45) is -0.0380. The van der Waals surface area contributed by atoms with Gasteiger partial charge in [-0.1, -0.05) is 12.1 Å². The van der Waals surface area contributed by atoms with Crippen LogP contribution in [0.1, 0.15) is 29.4 Å². The van der Waals surface area contributed by atoms with E-state index in [0.29, 0.717) is 18.7 Å². The summed E-state index contributed by atoms with van der Waals surface area (Å²) in [6, 6.07) is 6.13. The molecule has 7 heteroatoms. The number of β-amino-alcohol motifs (C(OH)–C–C–N with tert-alkyl or cyclic N) is 1. The number of halogens is 1. The zero-order chi connectivity index (χ0) is 17.3. The molecule has 2 heterocycles. The molecule has 0 bridgehead atoms. The van der Waals surface area contributed by atoms with Gasteiger partial charge in [0.05, 0.1) is 29.7 Å². The molecule has 1 amide bonds. The van der Waals surface area contributed by atoms with Gasteiger partial charge in [0, 0.05) is 12.6 Å². The fraction of sp³-hybridized carbons (Fsp3) is 0.412. The molecule has 1 saturated heterocycles. The molecule has 1 aromatic heterocycles. The summed E-state index contributed by atoms with van der Waals surface area (Å²) >= 11 is 0. The second-order valence-electron chi connectivity index (χ2n) is 6.25. The van der Waals surface area contributed by atoms with Crippen molar-refractivity contribution in [2.24, 2.45) is 0 Å². The first kappa shape index (κ1) is 16.6. The maximum atomic E-state index is 13.5. The van der Waals surface area contributed by atoms with Gasteiger partial charge in [-0.25, -0.2) is 4.39 Å². The molecule has 3 N–H and O–H groups in total. The highest BCUT2D eigenvalue weighted by molar-refractivity contribution is 5.93. The normalized spacial score (nSPS) is 21.2. The molecular formula is C17H21FN4O2. The Morgan fingerprint density at radius 2 is 2.29 bits per heavy atom. The SMILES string of the molecule is Cc1n[nH]c(C)c1NC(=O)CN1C[C@H](O)C[C@@H]1c1cccc(F)c1. The number of aliphatic hydroxyl groups excluding tert-OH is 1. The van der Waals surface area contributed by atoms with Crippen LogP contribution in [0.25, 0.3) is 0 Å². The first-order chi connectivity index (χ1) is 11.4. The number of hydrogen-bond donors (Lipinski definition) is 3. The van der Waals surface area contributed by atoms with Crippen LogP contribution in [0.4, 0.5) is 10.1 Å². The molecule has 0 spiro atoms. The van der Waals surface area contributed by atoms with Crippen molar-refractivity contribution < 1.29 is 14.3 Å². The number of nitrogens with zero attached hydrogens (tertiary/aromatic N) is 2. The van der Waals surface area contributed by atoms with Crippen LogP contribution in [0.5, 0.6) is 0 Å². The molecule has 3 rings (SSSR count). The Kier molecular flexibility index (Phi) is 4.64. The second-order valence-corrected chi connectivity index (χ2v) is 6.25.